The molecule has 1 aromatic carbocycles. The largest absolute Gasteiger partial charge is 0.379 e. The van der Waals surface area contributed by atoms with E-state index >= 15 is 0 Å². The summed E-state index contributed by atoms with van der Waals surface area (Å²) in [5, 5.41) is 8.01. The van der Waals surface area contributed by atoms with Crippen LogP contribution in [0.25, 0.3) is 4.96 Å². The molecule has 0 aliphatic carbocycles. The van der Waals surface area contributed by atoms with Gasteiger partial charge in [-0.3, -0.25) is 14.0 Å². The van der Waals surface area contributed by atoms with Gasteiger partial charge < -0.3 is 10.6 Å². The number of hydrogen-bond acceptors (Lipinski definition) is 5. The van der Waals surface area contributed by atoms with Gasteiger partial charge in [0.05, 0.1) is 17.8 Å². The van der Waals surface area contributed by atoms with Crippen molar-refractivity contribution in [2.24, 2.45) is 0 Å². The second-order valence-electron chi connectivity index (χ2n) is 6.11. The normalized spacial score (nSPS) is 11.0. The van der Waals surface area contributed by atoms with Crippen molar-refractivity contribution in [1.29, 1.82) is 0 Å². The van der Waals surface area contributed by atoms with Crippen molar-refractivity contribution in [3.05, 3.63) is 63.0 Å². The number of nitrogens with one attached hydrogen (secondary N) is 2. The Labute approximate surface area is 149 Å². The maximum Gasteiger partial charge on any atom is 0.259 e. The number of benzene rings is 1. The van der Waals surface area contributed by atoms with Gasteiger partial charge in [0, 0.05) is 28.9 Å². The third-order valence-electron chi connectivity index (χ3n) is 3.68. The monoisotopic (exact) mass is 356 g/mol. The maximum atomic E-state index is 12.3. The van der Waals surface area contributed by atoms with Crippen molar-refractivity contribution >= 4 is 27.9 Å². The van der Waals surface area contributed by atoms with Crippen LogP contribution in [-0.4, -0.2) is 21.3 Å². The van der Waals surface area contributed by atoms with E-state index in [0.717, 1.165) is 5.69 Å². The summed E-state index contributed by atoms with van der Waals surface area (Å²) in [5.74, 6) is -0.129. The summed E-state index contributed by atoms with van der Waals surface area (Å²) >= 11 is 1.44. The third kappa shape index (κ3) is 3.71. The molecule has 0 radical (unpaired) electrons. The van der Waals surface area contributed by atoms with Crippen LogP contribution in [0.2, 0.25) is 0 Å². The summed E-state index contributed by atoms with van der Waals surface area (Å²) in [6.07, 6.45) is 0. The lowest BCUT2D eigenvalue weighted by molar-refractivity contribution is 0.0944. The molecule has 0 bridgehead atoms. The van der Waals surface area contributed by atoms with Crippen molar-refractivity contribution in [2.45, 2.75) is 33.4 Å². The Morgan fingerprint density at radius 1 is 1.32 bits per heavy atom. The lowest BCUT2D eigenvalue weighted by Crippen LogP contribution is -2.30. The van der Waals surface area contributed by atoms with Crippen LogP contribution in [0, 0.1) is 6.92 Å². The lowest BCUT2D eigenvalue weighted by atomic mass is 10.1. The summed E-state index contributed by atoms with van der Waals surface area (Å²) in [7, 11) is 0. The minimum atomic E-state index is -0.129. The number of aromatic nitrogens is 2. The van der Waals surface area contributed by atoms with Crippen LogP contribution >= 0.6 is 11.3 Å². The van der Waals surface area contributed by atoms with Crippen LogP contribution in [0.5, 0.6) is 0 Å². The Hall–Kier alpha value is -2.67. The molecule has 7 heteroatoms. The predicted octanol–water partition coefficient (Wildman–Crippen LogP) is 2.81. The van der Waals surface area contributed by atoms with Gasteiger partial charge in [-0.1, -0.05) is 12.1 Å². The molecule has 0 fully saturated rings. The highest BCUT2D eigenvalue weighted by Crippen LogP contribution is 2.17. The first-order valence-corrected chi connectivity index (χ1v) is 8.94. The molecule has 2 N–H and O–H groups in total. The summed E-state index contributed by atoms with van der Waals surface area (Å²) in [4.78, 5) is 29.7. The zero-order valence-electron chi connectivity index (χ0n) is 14.4. The van der Waals surface area contributed by atoms with E-state index in [2.05, 4.69) is 15.6 Å². The molecule has 0 saturated heterocycles. The number of aryl methyl sites for hydroxylation is 1. The Morgan fingerprint density at radius 3 is 2.84 bits per heavy atom. The van der Waals surface area contributed by atoms with Crippen molar-refractivity contribution in [2.75, 3.05) is 5.32 Å². The SMILES string of the molecule is Cc1csc2nc(CNc3ccccc3C(=O)NC(C)C)cc(=O)n12. The number of nitrogens with zero attached hydrogens (tertiary/aromatic N) is 2. The van der Waals surface area contributed by atoms with Gasteiger partial charge in [-0.25, -0.2) is 4.98 Å². The number of fused-ring (bicyclic) bond motifs is 1. The number of para-hydroxylation sites is 1. The van der Waals surface area contributed by atoms with E-state index < -0.39 is 0 Å². The summed E-state index contributed by atoms with van der Waals surface area (Å²) in [6.45, 7) is 6.09. The van der Waals surface area contributed by atoms with Crippen molar-refractivity contribution in [3.8, 4) is 0 Å². The topological polar surface area (TPSA) is 75.5 Å². The molecule has 1 amide bonds. The Balaban J connectivity index is 1.83. The van der Waals surface area contributed by atoms with Crippen molar-refractivity contribution < 1.29 is 4.79 Å². The molecule has 6 nitrogen and oxygen atoms in total. The van der Waals surface area contributed by atoms with Gasteiger partial charge in [0.1, 0.15) is 0 Å². The van der Waals surface area contributed by atoms with Gasteiger partial charge >= 0.3 is 0 Å². The molecule has 0 atom stereocenters. The number of amides is 1. The number of carbonyl (C=O) groups excluding carboxylic acids is 1. The predicted molar refractivity (Wildman–Crippen MR) is 100 cm³/mol. The van der Waals surface area contributed by atoms with E-state index in [9.17, 15) is 9.59 Å². The van der Waals surface area contributed by atoms with Crippen LogP contribution in [0.4, 0.5) is 5.69 Å². The van der Waals surface area contributed by atoms with E-state index in [0.29, 0.717) is 28.5 Å². The Kier molecular flexibility index (Phi) is 4.85. The molecule has 0 unspecified atom stereocenters. The smallest absolute Gasteiger partial charge is 0.259 e. The first-order chi connectivity index (χ1) is 12.0. The number of thiazole rings is 1. The maximum absolute atomic E-state index is 12.3. The zero-order chi connectivity index (χ0) is 18.0. The number of rotatable bonds is 5. The van der Waals surface area contributed by atoms with Crippen LogP contribution in [0.3, 0.4) is 0 Å². The Morgan fingerprint density at radius 2 is 2.08 bits per heavy atom. The third-order valence-corrected chi connectivity index (χ3v) is 4.62. The fourth-order valence-corrected chi connectivity index (χ4v) is 3.44. The van der Waals surface area contributed by atoms with Gasteiger partial charge in [0.2, 0.25) is 0 Å². The molecular weight excluding hydrogens is 336 g/mol. The minimum Gasteiger partial charge on any atom is -0.379 e. The molecule has 2 heterocycles. The van der Waals surface area contributed by atoms with Gasteiger partial charge in [-0.2, -0.15) is 0 Å². The van der Waals surface area contributed by atoms with E-state index in [4.69, 9.17) is 0 Å². The number of hydrogen-bond donors (Lipinski definition) is 2. The average Bonchev–Trinajstić information content (AvgIpc) is 2.94. The van der Waals surface area contributed by atoms with E-state index in [1.807, 2.05) is 44.4 Å². The highest BCUT2D eigenvalue weighted by Gasteiger charge is 2.12. The summed E-state index contributed by atoms with van der Waals surface area (Å²) < 4.78 is 1.60. The molecule has 130 valence electrons. The Bertz CT molecular complexity index is 975. The van der Waals surface area contributed by atoms with Gasteiger partial charge in [0.15, 0.2) is 4.96 Å². The molecule has 0 aliphatic rings. The fourth-order valence-electron chi connectivity index (χ4n) is 2.55. The van der Waals surface area contributed by atoms with E-state index in [1.54, 1.807) is 10.5 Å². The van der Waals surface area contributed by atoms with Crippen LogP contribution < -0.4 is 16.2 Å². The second-order valence-corrected chi connectivity index (χ2v) is 6.94. The molecule has 25 heavy (non-hydrogen) atoms. The van der Waals surface area contributed by atoms with Crippen LogP contribution in [-0.2, 0) is 6.54 Å². The van der Waals surface area contributed by atoms with E-state index in [1.165, 1.54) is 17.4 Å². The van der Waals surface area contributed by atoms with E-state index in [-0.39, 0.29) is 17.5 Å². The van der Waals surface area contributed by atoms with Crippen LogP contribution in [0.15, 0.2) is 40.5 Å². The first kappa shape index (κ1) is 17.2. The zero-order valence-corrected chi connectivity index (χ0v) is 15.2. The number of carbonyl (C=O) groups is 1. The van der Waals surface area contributed by atoms with Crippen LogP contribution in [0.1, 0.15) is 35.6 Å². The average molecular weight is 356 g/mol. The molecule has 0 saturated carbocycles. The molecule has 0 spiro atoms. The highest BCUT2D eigenvalue weighted by molar-refractivity contribution is 7.15. The van der Waals surface area contributed by atoms with Crippen molar-refractivity contribution in [1.82, 2.24) is 14.7 Å². The summed E-state index contributed by atoms with van der Waals surface area (Å²) in [6, 6.07) is 8.89. The molecule has 2 aromatic heterocycles. The lowest BCUT2D eigenvalue weighted by Gasteiger charge is -2.13. The molecule has 3 aromatic rings. The molecule has 0 aliphatic heterocycles. The quantitative estimate of drug-likeness (QED) is 0.737. The molecule has 3 rings (SSSR count). The first-order valence-electron chi connectivity index (χ1n) is 8.06. The standard InChI is InChI=1S/C18H20N4O2S/c1-11(2)20-17(24)14-6-4-5-7-15(14)19-9-13-8-16(23)22-12(3)10-25-18(22)21-13/h4-8,10-11,19H,9H2,1-3H3,(H,20,24). The summed E-state index contributed by atoms with van der Waals surface area (Å²) in [5.41, 5.74) is 2.72. The van der Waals surface area contributed by atoms with Crippen molar-refractivity contribution in [3.63, 3.8) is 0 Å². The van der Waals surface area contributed by atoms with Gasteiger partial charge in [-0.05, 0) is 32.9 Å². The number of anilines is 1. The highest BCUT2D eigenvalue weighted by atomic mass is 32.1. The second kappa shape index (κ2) is 7.06. The fraction of sp³-hybridized carbons (Fsp3) is 0.278. The van der Waals surface area contributed by atoms with Gasteiger partial charge in [-0.15, -0.1) is 11.3 Å². The van der Waals surface area contributed by atoms with Gasteiger partial charge in [0.25, 0.3) is 11.5 Å². The molecular formula is C18H20N4O2S. The minimum absolute atomic E-state index is 0.0618.